The summed E-state index contributed by atoms with van der Waals surface area (Å²) >= 11 is 0. The van der Waals surface area contributed by atoms with Crippen molar-refractivity contribution in [3.8, 4) is 0 Å². The van der Waals surface area contributed by atoms with Gasteiger partial charge in [-0.15, -0.1) is 0 Å². The molecule has 9 nitrogen and oxygen atoms in total. The van der Waals surface area contributed by atoms with Crippen LogP contribution in [0.3, 0.4) is 0 Å². The number of hydrogen-bond acceptors (Lipinski definition) is 7. The molecular weight excluding hydrogens is 378 g/mol. The van der Waals surface area contributed by atoms with Crippen LogP contribution in [-0.2, 0) is 19.1 Å². The summed E-state index contributed by atoms with van der Waals surface area (Å²) in [5.41, 5.74) is 5.29. The highest BCUT2D eigenvalue weighted by atomic mass is 16.5. The standard InChI is InChI=1S/C20H27N3O6/c1-12(2)18(14(8-10-24)6-7-17(21)25)29-20(27)16-5-4-9-23(16)19(26)15-11-28-13(3)22-15/h6-7,10-12,14,16,18H,4-5,8-9H2,1-3H3,(H2,21,25)/b7-6+/t14-,16+,18+/m0/s1. The number of amides is 2. The highest BCUT2D eigenvalue weighted by molar-refractivity contribution is 5.95. The molecule has 1 fully saturated rings. The summed E-state index contributed by atoms with van der Waals surface area (Å²) in [6, 6.07) is -0.738. The van der Waals surface area contributed by atoms with Crippen molar-refractivity contribution in [1.29, 1.82) is 0 Å². The van der Waals surface area contributed by atoms with Gasteiger partial charge >= 0.3 is 5.97 Å². The quantitative estimate of drug-likeness (QED) is 0.373. The van der Waals surface area contributed by atoms with Gasteiger partial charge in [0.1, 0.15) is 24.7 Å². The van der Waals surface area contributed by atoms with Crippen molar-refractivity contribution in [1.82, 2.24) is 9.88 Å². The molecule has 1 aromatic rings. The van der Waals surface area contributed by atoms with Gasteiger partial charge < -0.3 is 24.6 Å². The van der Waals surface area contributed by atoms with Crippen LogP contribution < -0.4 is 5.73 Å². The van der Waals surface area contributed by atoms with Gasteiger partial charge in [-0.25, -0.2) is 9.78 Å². The summed E-state index contributed by atoms with van der Waals surface area (Å²) in [5, 5.41) is 0. The fourth-order valence-electron chi connectivity index (χ4n) is 3.45. The van der Waals surface area contributed by atoms with E-state index in [4.69, 9.17) is 14.9 Å². The molecule has 2 rings (SSSR count). The molecule has 0 bridgehead atoms. The first kappa shape index (κ1) is 22.3. The lowest BCUT2D eigenvalue weighted by atomic mass is 9.90. The molecule has 29 heavy (non-hydrogen) atoms. The van der Waals surface area contributed by atoms with Crippen molar-refractivity contribution in [2.45, 2.75) is 52.2 Å². The first-order chi connectivity index (χ1) is 13.7. The van der Waals surface area contributed by atoms with E-state index in [1.807, 2.05) is 13.8 Å². The Morgan fingerprint density at radius 1 is 1.41 bits per heavy atom. The summed E-state index contributed by atoms with van der Waals surface area (Å²) in [7, 11) is 0. The molecule has 158 valence electrons. The zero-order chi connectivity index (χ0) is 21.6. The van der Waals surface area contributed by atoms with Gasteiger partial charge in [-0.3, -0.25) is 9.59 Å². The molecule has 2 heterocycles. The van der Waals surface area contributed by atoms with Gasteiger partial charge in [-0.2, -0.15) is 0 Å². The number of aryl methyl sites for hydroxylation is 1. The van der Waals surface area contributed by atoms with Gasteiger partial charge in [0.15, 0.2) is 11.6 Å². The van der Waals surface area contributed by atoms with Crippen LogP contribution in [0.15, 0.2) is 22.8 Å². The van der Waals surface area contributed by atoms with Crippen molar-refractivity contribution in [3.63, 3.8) is 0 Å². The van der Waals surface area contributed by atoms with Crippen molar-refractivity contribution < 1.29 is 28.3 Å². The van der Waals surface area contributed by atoms with E-state index < -0.39 is 29.9 Å². The molecule has 3 atom stereocenters. The molecule has 9 heteroatoms. The van der Waals surface area contributed by atoms with Crippen molar-refractivity contribution in [2.75, 3.05) is 6.54 Å². The van der Waals surface area contributed by atoms with Crippen LogP contribution in [0.25, 0.3) is 0 Å². The SMILES string of the molecule is Cc1nc(C(=O)N2CCC[C@@H]2C(=O)O[C@H](C(C)C)[C@@H](/C=C/C(N)=O)CC=O)co1. The molecule has 0 spiro atoms. The molecule has 1 saturated heterocycles. The summed E-state index contributed by atoms with van der Waals surface area (Å²) in [6.07, 6.45) is 5.19. The number of aromatic nitrogens is 1. The Labute approximate surface area is 169 Å². The number of nitrogens with two attached hydrogens (primary N) is 1. The molecular formula is C20H27N3O6. The Balaban J connectivity index is 2.16. The Morgan fingerprint density at radius 3 is 2.69 bits per heavy atom. The van der Waals surface area contributed by atoms with E-state index >= 15 is 0 Å². The number of rotatable bonds is 9. The van der Waals surface area contributed by atoms with Gasteiger partial charge in [0.2, 0.25) is 5.91 Å². The second-order valence-corrected chi connectivity index (χ2v) is 7.38. The van der Waals surface area contributed by atoms with Crippen LogP contribution in [0.5, 0.6) is 0 Å². The maximum Gasteiger partial charge on any atom is 0.329 e. The number of oxazole rings is 1. The average molecular weight is 405 g/mol. The number of carbonyl (C=O) groups is 4. The van der Waals surface area contributed by atoms with Gasteiger partial charge in [0.25, 0.3) is 5.91 Å². The van der Waals surface area contributed by atoms with Crippen LogP contribution in [0.1, 0.15) is 49.5 Å². The molecule has 1 aromatic heterocycles. The smallest absolute Gasteiger partial charge is 0.329 e. The third-order valence-electron chi connectivity index (χ3n) is 4.83. The monoisotopic (exact) mass is 405 g/mol. The lowest BCUT2D eigenvalue weighted by molar-refractivity contribution is -0.158. The lowest BCUT2D eigenvalue weighted by Crippen LogP contribution is -2.44. The van der Waals surface area contributed by atoms with Crippen LogP contribution in [0, 0.1) is 18.8 Å². The van der Waals surface area contributed by atoms with Crippen LogP contribution in [0.4, 0.5) is 0 Å². The summed E-state index contributed by atoms with van der Waals surface area (Å²) in [6.45, 7) is 5.75. The highest BCUT2D eigenvalue weighted by Gasteiger charge is 2.39. The number of nitrogens with zero attached hydrogens (tertiary/aromatic N) is 2. The fourth-order valence-corrected chi connectivity index (χ4v) is 3.45. The molecule has 2 N–H and O–H groups in total. The summed E-state index contributed by atoms with van der Waals surface area (Å²) < 4.78 is 10.8. The molecule has 1 aliphatic rings. The average Bonchev–Trinajstić information content (AvgIpc) is 3.31. The first-order valence-electron chi connectivity index (χ1n) is 9.59. The number of likely N-dealkylation sites (tertiary alicyclic amines) is 1. The molecule has 0 aromatic carbocycles. The maximum atomic E-state index is 12.9. The summed E-state index contributed by atoms with van der Waals surface area (Å²) in [5.74, 6) is -1.83. The first-order valence-corrected chi connectivity index (χ1v) is 9.59. The number of aldehydes is 1. The van der Waals surface area contributed by atoms with Gasteiger partial charge in [0.05, 0.1) is 0 Å². The number of ether oxygens (including phenoxy) is 1. The fraction of sp³-hybridized carbons (Fsp3) is 0.550. The molecule has 0 saturated carbocycles. The number of esters is 1. The zero-order valence-corrected chi connectivity index (χ0v) is 16.9. The highest BCUT2D eigenvalue weighted by Crippen LogP contribution is 2.26. The number of hydrogen-bond donors (Lipinski definition) is 1. The Bertz CT molecular complexity index is 785. The minimum Gasteiger partial charge on any atom is -0.460 e. The van der Waals surface area contributed by atoms with E-state index in [1.54, 1.807) is 6.92 Å². The zero-order valence-electron chi connectivity index (χ0n) is 16.9. The topological polar surface area (TPSA) is 133 Å². The Hall–Kier alpha value is -2.97. The van der Waals surface area contributed by atoms with Gasteiger partial charge in [-0.1, -0.05) is 19.9 Å². The molecule has 2 amide bonds. The van der Waals surface area contributed by atoms with Crippen molar-refractivity contribution in [3.05, 3.63) is 30.0 Å². The molecule has 1 aliphatic heterocycles. The lowest BCUT2D eigenvalue weighted by Gasteiger charge is -2.30. The van der Waals surface area contributed by atoms with Gasteiger partial charge in [0, 0.05) is 25.8 Å². The third kappa shape index (κ3) is 5.75. The Kier molecular flexibility index (Phi) is 7.69. The van der Waals surface area contributed by atoms with E-state index in [2.05, 4.69) is 4.98 Å². The van der Waals surface area contributed by atoms with E-state index in [9.17, 15) is 19.2 Å². The van der Waals surface area contributed by atoms with Gasteiger partial charge in [-0.05, 0) is 24.8 Å². The molecule has 0 radical (unpaired) electrons. The van der Waals surface area contributed by atoms with Crippen LogP contribution in [-0.4, -0.2) is 52.6 Å². The minimum absolute atomic E-state index is 0.0748. The molecule has 0 unspecified atom stereocenters. The third-order valence-corrected chi connectivity index (χ3v) is 4.83. The van der Waals surface area contributed by atoms with E-state index in [1.165, 1.54) is 17.2 Å². The number of primary amides is 1. The molecule has 0 aliphatic carbocycles. The van der Waals surface area contributed by atoms with Crippen molar-refractivity contribution in [2.24, 2.45) is 17.6 Å². The van der Waals surface area contributed by atoms with E-state index in [0.29, 0.717) is 31.6 Å². The normalized spacial score (nSPS) is 18.8. The van der Waals surface area contributed by atoms with E-state index in [-0.39, 0.29) is 23.9 Å². The van der Waals surface area contributed by atoms with E-state index in [0.717, 1.165) is 6.08 Å². The Morgan fingerprint density at radius 2 is 2.14 bits per heavy atom. The maximum absolute atomic E-state index is 12.9. The number of carbonyl (C=O) groups excluding carboxylic acids is 4. The van der Waals surface area contributed by atoms with Crippen LogP contribution in [0.2, 0.25) is 0 Å². The largest absolute Gasteiger partial charge is 0.460 e. The van der Waals surface area contributed by atoms with Crippen molar-refractivity contribution >= 4 is 24.1 Å². The predicted molar refractivity (Wildman–Crippen MR) is 103 cm³/mol. The second kappa shape index (κ2) is 9.99. The second-order valence-electron chi connectivity index (χ2n) is 7.38. The predicted octanol–water partition coefficient (Wildman–Crippen LogP) is 1.40. The summed E-state index contributed by atoms with van der Waals surface area (Å²) in [4.78, 5) is 53.2. The minimum atomic E-state index is -0.738. The van der Waals surface area contributed by atoms with Crippen LogP contribution >= 0.6 is 0 Å².